The van der Waals surface area contributed by atoms with Gasteiger partial charge < -0.3 is 20.6 Å². The lowest BCUT2D eigenvalue weighted by atomic mass is 10.1. The highest BCUT2D eigenvalue weighted by Gasteiger charge is 2.28. The van der Waals surface area contributed by atoms with Crippen LogP contribution in [0.5, 0.6) is 0 Å². The van der Waals surface area contributed by atoms with Gasteiger partial charge in [0.15, 0.2) is 5.84 Å². The predicted molar refractivity (Wildman–Crippen MR) is 80.8 cm³/mol. The van der Waals surface area contributed by atoms with E-state index in [1.807, 2.05) is 13.0 Å². The summed E-state index contributed by atoms with van der Waals surface area (Å²) in [6.07, 6.45) is 1.09. The van der Waals surface area contributed by atoms with Crippen molar-refractivity contribution in [3.63, 3.8) is 0 Å². The van der Waals surface area contributed by atoms with Gasteiger partial charge in [-0.2, -0.15) is 0 Å². The maximum absolute atomic E-state index is 8.94. The van der Waals surface area contributed by atoms with E-state index in [1.54, 1.807) is 12.1 Å². The van der Waals surface area contributed by atoms with E-state index in [2.05, 4.69) is 17.0 Å². The quantitative estimate of drug-likeness (QED) is 0.389. The summed E-state index contributed by atoms with van der Waals surface area (Å²) in [5.74, 6) is 0.0886. The van der Waals surface area contributed by atoms with Crippen molar-refractivity contribution < 1.29 is 9.94 Å². The van der Waals surface area contributed by atoms with E-state index < -0.39 is 0 Å². The van der Waals surface area contributed by atoms with Gasteiger partial charge in [-0.1, -0.05) is 23.7 Å². The van der Waals surface area contributed by atoms with Gasteiger partial charge in [-0.05, 0) is 31.5 Å². The van der Waals surface area contributed by atoms with Gasteiger partial charge in [0.2, 0.25) is 0 Å². The normalized spacial score (nSPS) is 23.9. The van der Waals surface area contributed by atoms with Crippen LogP contribution in [0.15, 0.2) is 23.4 Å². The second kappa shape index (κ2) is 6.33. The highest BCUT2D eigenvalue weighted by Crippen LogP contribution is 2.29. The van der Waals surface area contributed by atoms with Crippen LogP contribution in [-0.4, -0.2) is 36.3 Å². The number of morpholine rings is 1. The summed E-state index contributed by atoms with van der Waals surface area (Å²) >= 11 is 6.11. The highest BCUT2D eigenvalue weighted by atomic mass is 35.5. The number of benzene rings is 1. The third kappa shape index (κ3) is 2.99. The molecule has 3 N–H and O–H groups in total. The van der Waals surface area contributed by atoms with Crippen molar-refractivity contribution in [1.29, 1.82) is 0 Å². The Balaban J connectivity index is 2.45. The van der Waals surface area contributed by atoms with Crippen LogP contribution in [0.4, 0.5) is 5.69 Å². The molecule has 1 heterocycles. The summed E-state index contributed by atoms with van der Waals surface area (Å²) in [7, 11) is 0. The molecule has 2 rings (SSSR count). The van der Waals surface area contributed by atoms with Crippen LogP contribution in [-0.2, 0) is 4.74 Å². The number of nitrogens with two attached hydrogens (primary N) is 1. The molecule has 0 aliphatic carbocycles. The lowest BCUT2D eigenvalue weighted by Crippen LogP contribution is -2.49. The Kier molecular flexibility index (Phi) is 4.73. The van der Waals surface area contributed by atoms with Gasteiger partial charge in [-0.3, -0.25) is 0 Å². The molecule has 1 aromatic rings. The average Bonchev–Trinajstić information content (AvgIpc) is 2.46. The molecule has 0 amide bonds. The highest BCUT2D eigenvalue weighted by molar-refractivity contribution is 6.31. The Morgan fingerprint density at radius 1 is 1.60 bits per heavy atom. The van der Waals surface area contributed by atoms with Gasteiger partial charge in [0.25, 0.3) is 0 Å². The van der Waals surface area contributed by atoms with Crippen LogP contribution in [0, 0.1) is 0 Å². The maximum Gasteiger partial charge on any atom is 0.172 e. The number of rotatable bonds is 3. The van der Waals surface area contributed by atoms with Crippen molar-refractivity contribution in [3.8, 4) is 0 Å². The zero-order chi connectivity index (χ0) is 14.7. The van der Waals surface area contributed by atoms with E-state index in [0.717, 1.165) is 18.7 Å². The first kappa shape index (κ1) is 14.9. The molecule has 1 saturated heterocycles. The van der Waals surface area contributed by atoms with Crippen LogP contribution in [0.2, 0.25) is 5.02 Å². The molecule has 1 aliphatic heterocycles. The van der Waals surface area contributed by atoms with Gasteiger partial charge in [-0.15, -0.1) is 0 Å². The monoisotopic (exact) mass is 297 g/mol. The minimum atomic E-state index is 0.0886. The number of anilines is 1. The summed E-state index contributed by atoms with van der Waals surface area (Å²) in [5, 5.41) is 12.7. The Morgan fingerprint density at radius 3 is 3.00 bits per heavy atom. The number of nitrogens with zero attached hydrogens (tertiary/aromatic N) is 2. The van der Waals surface area contributed by atoms with E-state index in [-0.39, 0.29) is 18.0 Å². The van der Waals surface area contributed by atoms with E-state index in [9.17, 15) is 0 Å². The lowest BCUT2D eigenvalue weighted by molar-refractivity contribution is 0.0299. The molecule has 1 fully saturated rings. The number of hydrogen-bond acceptors (Lipinski definition) is 4. The Hall–Kier alpha value is -1.46. The second-order valence-corrected chi connectivity index (χ2v) is 5.44. The summed E-state index contributed by atoms with van der Waals surface area (Å²) in [4.78, 5) is 2.23. The van der Waals surface area contributed by atoms with Crippen LogP contribution < -0.4 is 10.6 Å². The third-order valence-corrected chi connectivity index (χ3v) is 3.83. The Morgan fingerprint density at radius 2 is 2.35 bits per heavy atom. The largest absolute Gasteiger partial charge is 0.409 e. The summed E-state index contributed by atoms with van der Waals surface area (Å²) in [6, 6.07) is 5.63. The summed E-state index contributed by atoms with van der Waals surface area (Å²) < 4.78 is 5.70. The summed E-state index contributed by atoms with van der Waals surface area (Å²) in [6.45, 7) is 5.57. The molecule has 20 heavy (non-hydrogen) atoms. The van der Waals surface area contributed by atoms with Crippen molar-refractivity contribution in [1.82, 2.24) is 0 Å². The average molecular weight is 298 g/mol. The van der Waals surface area contributed by atoms with Crippen molar-refractivity contribution in [2.45, 2.75) is 32.4 Å². The van der Waals surface area contributed by atoms with Crippen LogP contribution >= 0.6 is 11.6 Å². The fourth-order valence-electron chi connectivity index (χ4n) is 2.49. The first-order valence-corrected chi connectivity index (χ1v) is 7.10. The predicted octanol–water partition coefficient (Wildman–Crippen LogP) is 2.44. The fraction of sp³-hybridized carbons (Fsp3) is 0.500. The first-order valence-electron chi connectivity index (χ1n) is 6.72. The van der Waals surface area contributed by atoms with Gasteiger partial charge in [0, 0.05) is 22.8 Å². The number of ether oxygens (including phenoxy) is 1. The lowest BCUT2D eigenvalue weighted by Gasteiger charge is -2.40. The van der Waals surface area contributed by atoms with Crippen molar-refractivity contribution in [2.24, 2.45) is 10.9 Å². The molecule has 0 bridgehead atoms. The molecule has 110 valence electrons. The van der Waals surface area contributed by atoms with E-state index in [1.165, 1.54) is 0 Å². The van der Waals surface area contributed by atoms with Gasteiger partial charge in [-0.25, -0.2) is 0 Å². The van der Waals surface area contributed by atoms with Crippen LogP contribution in [0.3, 0.4) is 0 Å². The first-order chi connectivity index (χ1) is 9.56. The fourth-order valence-corrected chi connectivity index (χ4v) is 2.66. The molecule has 0 aromatic heterocycles. The Bertz CT molecular complexity index is 507. The van der Waals surface area contributed by atoms with Gasteiger partial charge >= 0.3 is 0 Å². The second-order valence-electron chi connectivity index (χ2n) is 5.01. The van der Waals surface area contributed by atoms with Gasteiger partial charge in [0.1, 0.15) is 0 Å². The molecule has 1 aliphatic rings. The zero-order valence-electron chi connectivity index (χ0n) is 11.7. The zero-order valence-corrected chi connectivity index (χ0v) is 12.5. The smallest absolute Gasteiger partial charge is 0.172 e. The van der Waals surface area contributed by atoms with E-state index in [4.69, 9.17) is 27.3 Å². The van der Waals surface area contributed by atoms with Crippen LogP contribution in [0.25, 0.3) is 0 Å². The van der Waals surface area contributed by atoms with Crippen LogP contribution in [0.1, 0.15) is 25.8 Å². The number of hydrogen-bond donors (Lipinski definition) is 2. The van der Waals surface area contributed by atoms with Gasteiger partial charge in [0.05, 0.1) is 18.8 Å². The molecule has 2 atom stereocenters. The summed E-state index contributed by atoms with van der Waals surface area (Å²) in [5.41, 5.74) is 7.34. The molecule has 0 radical (unpaired) electrons. The van der Waals surface area contributed by atoms with Crippen molar-refractivity contribution in [3.05, 3.63) is 28.8 Å². The molecule has 1 aromatic carbocycles. The molecular weight excluding hydrogens is 278 g/mol. The van der Waals surface area contributed by atoms with Crippen molar-refractivity contribution >= 4 is 23.1 Å². The minimum absolute atomic E-state index is 0.0886. The molecule has 0 saturated carbocycles. The number of amidine groups is 1. The standard InChI is InChI=1S/C14H20ClN3O2/c1-3-11-8-20-9(2)7-18(11)13-6-10(15)4-5-12(13)14(16)17-19/h4-6,9,11,19H,3,7-8H2,1-2H3,(H2,16,17). The molecule has 0 spiro atoms. The third-order valence-electron chi connectivity index (χ3n) is 3.59. The maximum atomic E-state index is 8.94. The molecule has 2 unspecified atom stereocenters. The molecule has 5 nitrogen and oxygen atoms in total. The van der Waals surface area contributed by atoms with Crippen molar-refractivity contribution in [2.75, 3.05) is 18.1 Å². The SMILES string of the molecule is CCC1COC(C)CN1c1cc(Cl)ccc1C(N)=NO. The topological polar surface area (TPSA) is 71.1 Å². The number of oxime groups is 1. The van der Waals surface area contributed by atoms with E-state index >= 15 is 0 Å². The Labute approximate surface area is 124 Å². The number of halogens is 1. The molecule has 6 heteroatoms. The minimum Gasteiger partial charge on any atom is -0.409 e. The van der Waals surface area contributed by atoms with E-state index in [0.29, 0.717) is 17.2 Å². The molecular formula is C14H20ClN3O2.